The van der Waals surface area contributed by atoms with E-state index in [0.717, 1.165) is 17.2 Å². The first kappa shape index (κ1) is 8.60. The van der Waals surface area contributed by atoms with Gasteiger partial charge >= 0.3 is 0 Å². The fourth-order valence-corrected chi connectivity index (χ4v) is 1.84. The monoisotopic (exact) mass is 197 g/mol. The van der Waals surface area contributed by atoms with Crippen molar-refractivity contribution >= 4 is 17.2 Å². The second kappa shape index (κ2) is 3.16. The zero-order valence-corrected chi connectivity index (χ0v) is 8.31. The third-order valence-corrected chi connectivity index (χ3v) is 2.87. The summed E-state index contributed by atoms with van der Waals surface area (Å²) in [5.41, 5.74) is 2.90. The lowest BCUT2D eigenvalue weighted by molar-refractivity contribution is 0.112. The highest BCUT2D eigenvalue weighted by molar-refractivity contribution is 5.86. The van der Waals surface area contributed by atoms with Gasteiger partial charge in [0, 0.05) is 22.6 Å². The molecule has 0 atom stereocenters. The molecule has 1 aromatic heterocycles. The van der Waals surface area contributed by atoms with Gasteiger partial charge in [-0.3, -0.25) is 9.78 Å². The first-order valence-electron chi connectivity index (χ1n) is 5.23. The molecule has 2 aromatic rings. The van der Waals surface area contributed by atoms with E-state index in [4.69, 9.17) is 0 Å². The summed E-state index contributed by atoms with van der Waals surface area (Å²) in [6.45, 7) is 0. The molecule has 1 fully saturated rings. The number of benzene rings is 1. The van der Waals surface area contributed by atoms with Crippen LogP contribution in [0.15, 0.2) is 30.3 Å². The summed E-state index contributed by atoms with van der Waals surface area (Å²) in [6, 6.07) is 9.76. The summed E-state index contributed by atoms with van der Waals surface area (Å²) < 4.78 is 0. The van der Waals surface area contributed by atoms with Gasteiger partial charge in [-0.1, -0.05) is 6.07 Å². The van der Waals surface area contributed by atoms with E-state index in [2.05, 4.69) is 17.1 Å². The molecule has 0 amide bonds. The van der Waals surface area contributed by atoms with Crippen LogP contribution < -0.4 is 0 Å². The summed E-state index contributed by atoms with van der Waals surface area (Å²) in [5, 5.41) is 1.05. The van der Waals surface area contributed by atoms with Gasteiger partial charge in [-0.25, -0.2) is 0 Å². The minimum Gasteiger partial charge on any atom is -0.298 e. The van der Waals surface area contributed by atoms with Gasteiger partial charge in [0.25, 0.3) is 0 Å². The fourth-order valence-electron chi connectivity index (χ4n) is 1.84. The molecule has 0 saturated heterocycles. The first-order chi connectivity index (χ1) is 7.36. The lowest BCUT2D eigenvalue weighted by Gasteiger charge is -2.01. The summed E-state index contributed by atoms with van der Waals surface area (Å²) in [4.78, 5) is 15.2. The number of rotatable bonds is 2. The van der Waals surface area contributed by atoms with Gasteiger partial charge in [-0.05, 0) is 37.1 Å². The molecule has 0 spiro atoms. The third-order valence-electron chi connectivity index (χ3n) is 2.87. The average molecular weight is 197 g/mol. The van der Waals surface area contributed by atoms with Gasteiger partial charge in [0.15, 0.2) is 0 Å². The van der Waals surface area contributed by atoms with Crippen molar-refractivity contribution in [2.24, 2.45) is 0 Å². The molecule has 0 N–H and O–H groups in total. The van der Waals surface area contributed by atoms with E-state index in [1.54, 1.807) is 0 Å². The Balaban J connectivity index is 2.15. The standard InChI is InChI=1S/C13H11NO/c15-8-9-1-5-13-11(7-9)4-6-12(14-13)10-2-3-10/h1,4-8,10H,2-3H2. The van der Waals surface area contributed by atoms with Crippen LogP contribution >= 0.6 is 0 Å². The van der Waals surface area contributed by atoms with Gasteiger partial charge in [0.2, 0.25) is 0 Å². The average Bonchev–Trinajstić information content (AvgIpc) is 3.11. The number of pyridine rings is 1. The molecule has 74 valence electrons. The van der Waals surface area contributed by atoms with Crippen LogP contribution in [-0.2, 0) is 0 Å². The van der Waals surface area contributed by atoms with Crippen LogP contribution in [0.5, 0.6) is 0 Å². The molecule has 2 nitrogen and oxygen atoms in total. The number of carbonyl (C=O) groups excluding carboxylic acids is 1. The fraction of sp³-hybridized carbons (Fsp3) is 0.231. The van der Waals surface area contributed by atoms with E-state index >= 15 is 0 Å². The lowest BCUT2D eigenvalue weighted by atomic mass is 10.1. The third kappa shape index (κ3) is 1.52. The molecule has 1 aliphatic carbocycles. The van der Waals surface area contributed by atoms with E-state index in [1.807, 2.05) is 18.2 Å². The highest BCUT2D eigenvalue weighted by atomic mass is 16.1. The summed E-state index contributed by atoms with van der Waals surface area (Å²) >= 11 is 0. The molecule has 0 bridgehead atoms. The Morgan fingerprint density at radius 1 is 1.20 bits per heavy atom. The Morgan fingerprint density at radius 3 is 2.80 bits per heavy atom. The smallest absolute Gasteiger partial charge is 0.150 e. The van der Waals surface area contributed by atoms with Crippen LogP contribution in [0, 0.1) is 0 Å². The number of aldehydes is 1. The zero-order chi connectivity index (χ0) is 10.3. The molecule has 2 heteroatoms. The molecular formula is C13H11NO. The summed E-state index contributed by atoms with van der Waals surface area (Å²) in [7, 11) is 0. The van der Waals surface area contributed by atoms with Gasteiger partial charge < -0.3 is 0 Å². The minimum absolute atomic E-state index is 0.681. The van der Waals surface area contributed by atoms with Crippen molar-refractivity contribution < 1.29 is 4.79 Å². The maximum atomic E-state index is 10.6. The van der Waals surface area contributed by atoms with E-state index in [0.29, 0.717) is 11.5 Å². The Labute approximate surface area is 87.9 Å². The van der Waals surface area contributed by atoms with Crippen LogP contribution in [0.3, 0.4) is 0 Å². The number of hydrogen-bond acceptors (Lipinski definition) is 2. The maximum absolute atomic E-state index is 10.6. The number of aromatic nitrogens is 1. The molecule has 3 rings (SSSR count). The summed E-state index contributed by atoms with van der Waals surface area (Å²) in [6.07, 6.45) is 3.41. The van der Waals surface area contributed by atoms with Crippen LogP contribution in [-0.4, -0.2) is 11.3 Å². The van der Waals surface area contributed by atoms with E-state index in [9.17, 15) is 4.79 Å². The van der Waals surface area contributed by atoms with Gasteiger partial charge in [-0.15, -0.1) is 0 Å². The molecule has 0 unspecified atom stereocenters. The predicted molar refractivity (Wildman–Crippen MR) is 59.1 cm³/mol. The van der Waals surface area contributed by atoms with Crippen molar-refractivity contribution in [2.45, 2.75) is 18.8 Å². The van der Waals surface area contributed by atoms with Crippen LogP contribution in [0.1, 0.15) is 34.8 Å². The summed E-state index contributed by atoms with van der Waals surface area (Å²) in [5.74, 6) is 0.681. The van der Waals surface area contributed by atoms with Crippen molar-refractivity contribution in [3.63, 3.8) is 0 Å². The van der Waals surface area contributed by atoms with Crippen molar-refractivity contribution in [2.75, 3.05) is 0 Å². The molecule has 0 radical (unpaired) electrons. The second-order valence-corrected chi connectivity index (χ2v) is 4.08. The molecule has 0 aliphatic heterocycles. The largest absolute Gasteiger partial charge is 0.298 e. The molecule has 1 aromatic carbocycles. The molecule has 1 heterocycles. The quantitative estimate of drug-likeness (QED) is 0.693. The first-order valence-corrected chi connectivity index (χ1v) is 5.23. The van der Waals surface area contributed by atoms with Gasteiger partial charge in [0.1, 0.15) is 6.29 Å². The number of hydrogen-bond donors (Lipinski definition) is 0. The Kier molecular flexibility index (Phi) is 1.81. The maximum Gasteiger partial charge on any atom is 0.150 e. The normalized spacial score (nSPS) is 15.5. The van der Waals surface area contributed by atoms with Crippen LogP contribution in [0.25, 0.3) is 10.9 Å². The molecule has 1 aliphatic rings. The molecule has 15 heavy (non-hydrogen) atoms. The molecular weight excluding hydrogens is 186 g/mol. The highest BCUT2D eigenvalue weighted by Crippen LogP contribution is 2.39. The molecule has 1 saturated carbocycles. The van der Waals surface area contributed by atoms with Crippen LogP contribution in [0.4, 0.5) is 0 Å². The minimum atomic E-state index is 0.681. The van der Waals surface area contributed by atoms with E-state index in [1.165, 1.54) is 18.5 Å². The number of fused-ring (bicyclic) bond motifs is 1. The van der Waals surface area contributed by atoms with Crippen molar-refractivity contribution in [3.05, 3.63) is 41.6 Å². The van der Waals surface area contributed by atoms with Crippen LogP contribution in [0.2, 0.25) is 0 Å². The lowest BCUT2D eigenvalue weighted by Crippen LogP contribution is -1.88. The highest BCUT2D eigenvalue weighted by Gasteiger charge is 2.24. The van der Waals surface area contributed by atoms with Crippen molar-refractivity contribution in [3.8, 4) is 0 Å². The Hall–Kier alpha value is -1.70. The number of carbonyl (C=O) groups is 1. The van der Waals surface area contributed by atoms with E-state index < -0.39 is 0 Å². The zero-order valence-electron chi connectivity index (χ0n) is 8.31. The van der Waals surface area contributed by atoms with Crippen molar-refractivity contribution in [1.29, 1.82) is 0 Å². The SMILES string of the molecule is O=Cc1ccc2nc(C3CC3)ccc2c1. The predicted octanol–water partition coefficient (Wildman–Crippen LogP) is 2.92. The van der Waals surface area contributed by atoms with Gasteiger partial charge in [0.05, 0.1) is 5.52 Å². The van der Waals surface area contributed by atoms with Crippen molar-refractivity contribution in [1.82, 2.24) is 4.98 Å². The number of nitrogens with zero attached hydrogens (tertiary/aromatic N) is 1. The Bertz CT molecular complexity index is 529. The van der Waals surface area contributed by atoms with E-state index in [-0.39, 0.29) is 0 Å². The topological polar surface area (TPSA) is 30.0 Å². The second-order valence-electron chi connectivity index (χ2n) is 4.08. The Morgan fingerprint density at radius 2 is 2.07 bits per heavy atom. The van der Waals surface area contributed by atoms with Gasteiger partial charge in [-0.2, -0.15) is 0 Å².